The van der Waals surface area contributed by atoms with Crippen molar-refractivity contribution >= 4 is 17.6 Å². The first-order chi connectivity index (χ1) is 13.3. The third-order valence-corrected chi connectivity index (χ3v) is 5.01. The van der Waals surface area contributed by atoms with Gasteiger partial charge in [0.05, 0.1) is 11.8 Å². The molecule has 0 atom stereocenters. The summed E-state index contributed by atoms with van der Waals surface area (Å²) in [6, 6.07) is 5.42. The molecule has 1 aromatic carbocycles. The topological polar surface area (TPSA) is 87.6 Å². The van der Waals surface area contributed by atoms with Crippen molar-refractivity contribution in [3.63, 3.8) is 0 Å². The highest BCUT2D eigenvalue weighted by atomic mass is 19.2. The first-order valence-electron chi connectivity index (χ1n) is 8.98. The molecular weight excluding hydrogens is 364 g/mol. The monoisotopic (exact) mass is 387 g/mol. The number of nitrogens with two attached hydrogens (primary N) is 1. The third-order valence-electron chi connectivity index (χ3n) is 5.01. The smallest absolute Gasteiger partial charge is 0.159 e. The molecule has 0 amide bonds. The van der Waals surface area contributed by atoms with Crippen LogP contribution in [0, 0.1) is 11.6 Å². The van der Waals surface area contributed by atoms with E-state index in [1.807, 2.05) is 11.0 Å². The van der Waals surface area contributed by atoms with Gasteiger partial charge < -0.3 is 15.7 Å². The zero-order valence-corrected chi connectivity index (χ0v) is 15.9. The maximum absolute atomic E-state index is 13.6. The summed E-state index contributed by atoms with van der Waals surface area (Å²) in [5.74, 6) is -1.22. The van der Waals surface area contributed by atoms with Gasteiger partial charge in [-0.05, 0) is 43.5 Å². The normalized spacial score (nSPS) is 17.7. The van der Waals surface area contributed by atoms with Gasteiger partial charge in [0.1, 0.15) is 0 Å². The predicted octanol–water partition coefficient (Wildman–Crippen LogP) is 2.63. The lowest BCUT2D eigenvalue weighted by Crippen LogP contribution is -2.43. The number of allylic oxidation sites excluding steroid dienone is 2. The van der Waals surface area contributed by atoms with E-state index in [4.69, 9.17) is 5.73 Å². The minimum absolute atomic E-state index is 0.360. The van der Waals surface area contributed by atoms with Crippen LogP contribution in [0.3, 0.4) is 0 Å². The number of aliphatic hydroxyl groups is 1. The highest BCUT2D eigenvalue weighted by Crippen LogP contribution is 2.35. The molecule has 1 aliphatic rings. The zero-order chi connectivity index (χ0) is 20.3. The molecule has 0 aliphatic carbocycles. The second kappa shape index (κ2) is 8.02. The number of rotatable bonds is 4. The Bertz CT molecular complexity index is 917. The molecule has 28 heavy (non-hydrogen) atoms. The molecule has 0 bridgehead atoms. The molecule has 1 aromatic heterocycles. The van der Waals surface area contributed by atoms with E-state index in [1.165, 1.54) is 6.07 Å². The van der Waals surface area contributed by atoms with Gasteiger partial charge in [0.2, 0.25) is 0 Å². The average Bonchev–Trinajstić information content (AvgIpc) is 2.68. The molecule has 0 radical (unpaired) electrons. The largest absolute Gasteiger partial charge is 0.402 e. The number of anilines is 1. The molecule has 148 valence electrons. The van der Waals surface area contributed by atoms with E-state index in [0.29, 0.717) is 43.0 Å². The summed E-state index contributed by atoms with van der Waals surface area (Å²) in [5.41, 5.74) is 7.32. The number of halogens is 2. The van der Waals surface area contributed by atoms with Crippen molar-refractivity contribution in [2.24, 2.45) is 10.7 Å². The summed E-state index contributed by atoms with van der Waals surface area (Å²) >= 11 is 0. The van der Waals surface area contributed by atoms with Gasteiger partial charge >= 0.3 is 0 Å². The molecule has 0 spiro atoms. The SMILES string of the molecule is CN=C/C(=C(/C)N)c1cnnc(N2CCC(O)(c3ccc(F)c(F)c3)CC2)c1. The fourth-order valence-electron chi connectivity index (χ4n) is 3.37. The molecule has 1 saturated heterocycles. The molecule has 0 unspecified atom stereocenters. The lowest BCUT2D eigenvalue weighted by molar-refractivity contribution is 0.0112. The van der Waals surface area contributed by atoms with Gasteiger partial charge in [-0.25, -0.2) is 8.78 Å². The van der Waals surface area contributed by atoms with E-state index >= 15 is 0 Å². The fourth-order valence-corrected chi connectivity index (χ4v) is 3.37. The van der Waals surface area contributed by atoms with Gasteiger partial charge in [-0.1, -0.05) is 6.07 Å². The number of nitrogens with zero attached hydrogens (tertiary/aromatic N) is 4. The Labute approximate surface area is 162 Å². The van der Waals surface area contributed by atoms with Crippen LogP contribution in [0.2, 0.25) is 0 Å². The predicted molar refractivity (Wildman–Crippen MR) is 105 cm³/mol. The molecule has 1 aliphatic heterocycles. The lowest BCUT2D eigenvalue weighted by Gasteiger charge is -2.39. The van der Waals surface area contributed by atoms with E-state index in [1.54, 1.807) is 26.4 Å². The third kappa shape index (κ3) is 4.01. The summed E-state index contributed by atoms with van der Waals surface area (Å²) in [7, 11) is 1.67. The lowest BCUT2D eigenvalue weighted by atomic mass is 9.84. The Morgan fingerprint density at radius 2 is 1.96 bits per heavy atom. The van der Waals surface area contributed by atoms with Gasteiger partial charge in [-0.2, -0.15) is 5.10 Å². The van der Waals surface area contributed by atoms with Crippen LogP contribution in [0.5, 0.6) is 0 Å². The van der Waals surface area contributed by atoms with Gasteiger partial charge in [0.25, 0.3) is 0 Å². The summed E-state index contributed by atoms with van der Waals surface area (Å²) in [6.07, 6.45) is 4.02. The second-order valence-corrected chi connectivity index (χ2v) is 6.93. The standard InChI is InChI=1S/C20H23F2N5O/c1-13(23)16(12-24-2)14-9-19(26-25-11-14)27-7-5-20(28,6-8-27)15-3-4-17(21)18(22)10-15/h3-4,9-12,28H,5-8,23H2,1-2H3/b16-13+,24-12?. The Balaban J connectivity index is 1.79. The zero-order valence-electron chi connectivity index (χ0n) is 15.9. The van der Waals surface area contributed by atoms with Gasteiger partial charge in [-0.3, -0.25) is 4.99 Å². The van der Waals surface area contributed by atoms with E-state index in [-0.39, 0.29) is 0 Å². The van der Waals surface area contributed by atoms with Crippen LogP contribution in [0.1, 0.15) is 30.9 Å². The summed E-state index contributed by atoms with van der Waals surface area (Å²) in [5, 5.41) is 19.2. The van der Waals surface area contributed by atoms with Crippen molar-refractivity contribution in [2.45, 2.75) is 25.4 Å². The number of aliphatic imine (C=N–C) groups is 1. The van der Waals surface area contributed by atoms with Crippen LogP contribution in [0.25, 0.3) is 5.57 Å². The van der Waals surface area contributed by atoms with Crippen LogP contribution in [-0.4, -0.2) is 41.7 Å². The summed E-state index contributed by atoms with van der Waals surface area (Å²) < 4.78 is 26.7. The van der Waals surface area contributed by atoms with Crippen molar-refractivity contribution in [1.82, 2.24) is 10.2 Å². The van der Waals surface area contributed by atoms with E-state index in [2.05, 4.69) is 15.2 Å². The summed E-state index contributed by atoms with van der Waals surface area (Å²) in [6.45, 7) is 2.78. The van der Waals surface area contributed by atoms with Gasteiger partial charge in [0.15, 0.2) is 17.5 Å². The Morgan fingerprint density at radius 1 is 1.25 bits per heavy atom. The number of benzene rings is 1. The maximum Gasteiger partial charge on any atom is 0.159 e. The molecule has 6 nitrogen and oxygen atoms in total. The molecule has 8 heteroatoms. The van der Waals surface area contributed by atoms with Gasteiger partial charge in [-0.15, -0.1) is 5.10 Å². The Kier molecular flexibility index (Phi) is 5.69. The Hall–Kier alpha value is -2.87. The highest BCUT2D eigenvalue weighted by Gasteiger charge is 2.35. The van der Waals surface area contributed by atoms with Crippen molar-refractivity contribution in [3.8, 4) is 0 Å². The van der Waals surface area contributed by atoms with Crippen LogP contribution < -0.4 is 10.6 Å². The minimum Gasteiger partial charge on any atom is -0.402 e. The van der Waals surface area contributed by atoms with Gasteiger partial charge in [0, 0.05) is 43.2 Å². The van der Waals surface area contributed by atoms with Crippen molar-refractivity contribution in [1.29, 1.82) is 0 Å². The maximum atomic E-state index is 13.6. The van der Waals surface area contributed by atoms with E-state index in [0.717, 1.165) is 23.3 Å². The minimum atomic E-state index is -1.20. The van der Waals surface area contributed by atoms with Crippen LogP contribution in [0.15, 0.2) is 41.2 Å². The average molecular weight is 387 g/mol. The molecule has 2 heterocycles. The Morgan fingerprint density at radius 3 is 2.57 bits per heavy atom. The number of hydrogen-bond acceptors (Lipinski definition) is 6. The quantitative estimate of drug-likeness (QED) is 0.788. The number of aromatic nitrogens is 2. The highest BCUT2D eigenvalue weighted by molar-refractivity contribution is 6.10. The molecular formula is C20H23F2N5O. The molecule has 1 fully saturated rings. The first-order valence-corrected chi connectivity index (χ1v) is 8.98. The first kappa shape index (κ1) is 19.9. The number of hydrogen-bond donors (Lipinski definition) is 2. The van der Waals surface area contributed by atoms with E-state index in [9.17, 15) is 13.9 Å². The summed E-state index contributed by atoms with van der Waals surface area (Å²) in [4.78, 5) is 6.02. The molecule has 0 saturated carbocycles. The second-order valence-electron chi connectivity index (χ2n) is 6.93. The molecule has 3 N–H and O–H groups in total. The van der Waals surface area contributed by atoms with Crippen LogP contribution in [0.4, 0.5) is 14.6 Å². The molecule has 3 rings (SSSR count). The molecule has 2 aromatic rings. The van der Waals surface area contributed by atoms with Crippen LogP contribution >= 0.6 is 0 Å². The van der Waals surface area contributed by atoms with Crippen molar-refractivity contribution < 1.29 is 13.9 Å². The fraction of sp³-hybridized carbons (Fsp3) is 0.350. The van der Waals surface area contributed by atoms with Crippen molar-refractivity contribution in [3.05, 3.63) is 58.9 Å². The van der Waals surface area contributed by atoms with E-state index < -0.39 is 17.2 Å². The number of piperidine rings is 1. The van der Waals surface area contributed by atoms with Crippen molar-refractivity contribution in [2.75, 3.05) is 25.0 Å². The van der Waals surface area contributed by atoms with Crippen LogP contribution in [-0.2, 0) is 5.60 Å².